The van der Waals surface area contributed by atoms with E-state index in [1.54, 1.807) is 12.3 Å². The first-order chi connectivity index (χ1) is 8.13. The van der Waals surface area contributed by atoms with Gasteiger partial charge in [0.25, 0.3) is 5.91 Å². The zero-order chi connectivity index (χ0) is 12.7. The highest BCUT2D eigenvalue weighted by Crippen LogP contribution is 2.08. The van der Waals surface area contributed by atoms with E-state index in [1.165, 1.54) is 0 Å². The fourth-order valence-corrected chi connectivity index (χ4v) is 1.36. The fraction of sp³-hybridized carbons (Fsp3) is 0.500. The molecular formula is C12H20N4O. The lowest BCUT2D eigenvalue weighted by Gasteiger charge is -2.09. The van der Waals surface area contributed by atoms with Gasteiger partial charge in [-0.2, -0.15) is 0 Å². The van der Waals surface area contributed by atoms with Gasteiger partial charge in [-0.1, -0.05) is 0 Å². The third-order valence-electron chi connectivity index (χ3n) is 2.26. The number of anilines is 1. The Hall–Kier alpha value is -1.62. The molecule has 1 aromatic rings. The summed E-state index contributed by atoms with van der Waals surface area (Å²) in [5.41, 5.74) is 6.98. The van der Waals surface area contributed by atoms with Crippen molar-refractivity contribution in [2.45, 2.75) is 26.3 Å². The quantitative estimate of drug-likeness (QED) is 0.688. The fourth-order valence-electron chi connectivity index (χ4n) is 1.36. The van der Waals surface area contributed by atoms with Crippen LogP contribution in [-0.4, -0.2) is 30.0 Å². The number of amides is 1. The first-order valence-corrected chi connectivity index (χ1v) is 5.87. The van der Waals surface area contributed by atoms with Crippen LogP contribution in [0.25, 0.3) is 0 Å². The number of nitrogens with two attached hydrogens (primary N) is 1. The molecule has 0 spiro atoms. The summed E-state index contributed by atoms with van der Waals surface area (Å²) in [6, 6.07) is 3.75. The SMILES string of the molecule is CCNC(=O)c1cc(NCCC(C)N)ccn1. The maximum Gasteiger partial charge on any atom is 0.269 e. The van der Waals surface area contributed by atoms with Gasteiger partial charge in [-0.05, 0) is 32.4 Å². The highest BCUT2D eigenvalue weighted by atomic mass is 16.1. The monoisotopic (exact) mass is 236 g/mol. The molecule has 1 rings (SSSR count). The van der Waals surface area contributed by atoms with Gasteiger partial charge in [-0.25, -0.2) is 0 Å². The molecule has 0 aliphatic heterocycles. The Morgan fingerprint density at radius 3 is 3.00 bits per heavy atom. The van der Waals surface area contributed by atoms with Crippen molar-refractivity contribution in [3.05, 3.63) is 24.0 Å². The molecule has 0 bridgehead atoms. The minimum atomic E-state index is -0.150. The summed E-state index contributed by atoms with van der Waals surface area (Å²) < 4.78 is 0. The zero-order valence-corrected chi connectivity index (χ0v) is 10.4. The van der Waals surface area contributed by atoms with E-state index in [0.29, 0.717) is 12.2 Å². The summed E-state index contributed by atoms with van der Waals surface area (Å²) in [6.45, 7) is 5.23. The Balaban J connectivity index is 2.56. The van der Waals surface area contributed by atoms with Crippen molar-refractivity contribution in [3.8, 4) is 0 Å². The maximum absolute atomic E-state index is 11.6. The number of aromatic nitrogens is 1. The lowest BCUT2D eigenvalue weighted by atomic mass is 10.2. The Morgan fingerprint density at radius 2 is 2.35 bits per heavy atom. The van der Waals surface area contributed by atoms with Gasteiger partial charge in [0, 0.05) is 31.0 Å². The molecule has 0 saturated heterocycles. The predicted molar refractivity (Wildman–Crippen MR) is 69.0 cm³/mol. The summed E-state index contributed by atoms with van der Waals surface area (Å²) in [6.07, 6.45) is 2.51. The van der Waals surface area contributed by atoms with E-state index in [-0.39, 0.29) is 11.9 Å². The van der Waals surface area contributed by atoms with E-state index < -0.39 is 0 Å². The van der Waals surface area contributed by atoms with Crippen LogP contribution in [0.4, 0.5) is 5.69 Å². The Labute approximate surface area is 102 Å². The molecule has 0 radical (unpaired) electrons. The van der Waals surface area contributed by atoms with Crippen LogP contribution in [0, 0.1) is 0 Å². The molecule has 0 aromatic carbocycles. The van der Waals surface area contributed by atoms with E-state index in [4.69, 9.17) is 5.73 Å². The first-order valence-electron chi connectivity index (χ1n) is 5.87. The number of rotatable bonds is 6. The molecule has 0 aliphatic carbocycles. The van der Waals surface area contributed by atoms with Gasteiger partial charge in [0.2, 0.25) is 0 Å². The molecule has 0 aliphatic rings. The van der Waals surface area contributed by atoms with Crippen molar-refractivity contribution < 1.29 is 4.79 Å². The minimum Gasteiger partial charge on any atom is -0.385 e. The van der Waals surface area contributed by atoms with E-state index in [9.17, 15) is 4.79 Å². The number of carbonyl (C=O) groups excluding carboxylic acids is 1. The molecule has 5 heteroatoms. The standard InChI is InChI=1S/C12H20N4O/c1-3-14-12(17)11-8-10(5-7-16-11)15-6-4-9(2)13/h5,7-9H,3-4,6,13H2,1-2H3,(H,14,17)(H,15,16). The molecule has 5 nitrogen and oxygen atoms in total. The first kappa shape index (κ1) is 13.4. The molecule has 1 unspecified atom stereocenters. The molecule has 1 atom stereocenters. The van der Waals surface area contributed by atoms with Gasteiger partial charge < -0.3 is 16.4 Å². The number of hydrogen-bond donors (Lipinski definition) is 3. The Morgan fingerprint density at radius 1 is 1.59 bits per heavy atom. The second-order valence-electron chi connectivity index (χ2n) is 3.98. The van der Waals surface area contributed by atoms with E-state index >= 15 is 0 Å². The van der Waals surface area contributed by atoms with Crippen LogP contribution < -0.4 is 16.4 Å². The number of nitrogens with zero attached hydrogens (tertiary/aromatic N) is 1. The largest absolute Gasteiger partial charge is 0.385 e. The van der Waals surface area contributed by atoms with Gasteiger partial charge in [0.15, 0.2) is 0 Å². The van der Waals surface area contributed by atoms with Crippen LogP contribution in [0.5, 0.6) is 0 Å². The molecule has 4 N–H and O–H groups in total. The van der Waals surface area contributed by atoms with Crippen molar-refractivity contribution in [1.82, 2.24) is 10.3 Å². The summed E-state index contributed by atoms with van der Waals surface area (Å²) in [7, 11) is 0. The molecule has 0 saturated carbocycles. The lowest BCUT2D eigenvalue weighted by Crippen LogP contribution is -2.24. The predicted octanol–water partition coefficient (Wildman–Crippen LogP) is 0.980. The van der Waals surface area contributed by atoms with Crippen LogP contribution in [-0.2, 0) is 0 Å². The molecule has 1 aromatic heterocycles. The molecular weight excluding hydrogens is 216 g/mol. The maximum atomic E-state index is 11.6. The van der Waals surface area contributed by atoms with Gasteiger partial charge in [0.1, 0.15) is 5.69 Å². The van der Waals surface area contributed by atoms with Crippen LogP contribution in [0.1, 0.15) is 30.8 Å². The van der Waals surface area contributed by atoms with Crippen molar-refractivity contribution in [1.29, 1.82) is 0 Å². The van der Waals surface area contributed by atoms with Crippen LogP contribution >= 0.6 is 0 Å². The topological polar surface area (TPSA) is 80.0 Å². The normalized spacial score (nSPS) is 11.9. The molecule has 0 fully saturated rings. The van der Waals surface area contributed by atoms with Gasteiger partial charge in [0.05, 0.1) is 0 Å². The molecule has 94 valence electrons. The molecule has 1 heterocycles. The number of pyridine rings is 1. The molecule has 17 heavy (non-hydrogen) atoms. The smallest absolute Gasteiger partial charge is 0.269 e. The second kappa shape index (κ2) is 6.85. The van der Waals surface area contributed by atoms with Crippen molar-refractivity contribution in [2.75, 3.05) is 18.4 Å². The van der Waals surface area contributed by atoms with Crippen molar-refractivity contribution in [2.24, 2.45) is 5.73 Å². The van der Waals surface area contributed by atoms with Gasteiger partial charge in [-0.3, -0.25) is 9.78 Å². The summed E-state index contributed by atoms with van der Waals surface area (Å²) in [5, 5.41) is 5.93. The minimum absolute atomic E-state index is 0.150. The van der Waals surface area contributed by atoms with Gasteiger partial charge >= 0.3 is 0 Å². The highest BCUT2D eigenvalue weighted by Gasteiger charge is 2.06. The summed E-state index contributed by atoms with van der Waals surface area (Å²) in [5.74, 6) is -0.150. The average Bonchev–Trinajstić information content (AvgIpc) is 2.29. The van der Waals surface area contributed by atoms with Crippen molar-refractivity contribution >= 4 is 11.6 Å². The van der Waals surface area contributed by atoms with E-state index in [0.717, 1.165) is 18.7 Å². The summed E-state index contributed by atoms with van der Waals surface area (Å²) in [4.78, 5) is 15.6. The zero-order valence-electron chi connectivity index (χ0n) is 10.4. The van der Waals surface area contributed by atoms with Crippen LogP contribution in [0.2, 0.25) is 0 Å². The van der Waals surface area contributed by atoms with Crippen molar-refractivity contribution in [3.63, 3.8) is 0 Å². The van der Waals surface area contributed by atoms with Gasteiger partial charge in [-0.15, -0.1) is 0 Å². The number of nitrogens with one attached hydrogen (secondary N) is 2. The third-order valence-corrected chi connectivity index (χ3v) is 2.26. The Kier molecular flexibility index (Phi) is 5.42. The van der Waals surface area contributed by atoms with E-state index in [2.05, 4.69) is 15.6 Å². The molecule has 1 amide bonds. The average molecular weight is 236 g/mol. The second-order valence-corrected chi connectivity index (χ2v) is 3.98. The number of carbonyl (C=O) groups is 1. The van der Waals surface area contributed by atoms with Crippen LogP contribution in [0.15, 0.2) is 18.3 Å². The highest BCUT2D eigenvalue weighted by molar-refractivity contribution is 5.93. The van der Waals surface area contributed by atoms with Crippen LogP contribution in [0.3, 0.4) is 0 Å². The summed E-state index contributed by atoms with van der Waals surface area (Å²) >= 11 is 0. The van der Waals surface area contributed by atoms with E-state index in [1.807, 2.05) is 19.9 Å². The lowest BCUT2D eigenvalue weighted by molar-refractivity contribution is 0.0951. The number of hydrogen-bond acceptors (Lipinski definition) is 4. The third kappa shape index (κ3) is 4.82. The Bertz CT molecular complexity index is 365.